The lowest BCUT2D eigenvalue weighted by Crippen LogP contribution is -2.16. The summed E-state index contributed by atoms with van der Waals surface area (Å²) >= 11 is 9.30. The van der Waals surface area contributed by atoms with Crippen LogP contribution in [0.15, 0.2) is 52.1 Å². The van der Waals surface area contributed by atoms with Gasteiger partial charge in [0.05, 0.1) is 23.3 Å². The number of anilines is 2. The molecule has 4 aromatic rings. The number of hydrogen-bond acceptors (Lipinski definition) is 7. The van der Waals surface area contributed by atoms with Gasteiger partial charge in [-0.2, -0.15) is 0 Å². The third-order valence-corrected chi connectivity index (χ3v) is 7.23. The van der Waals surface area contributed by atoms with Crippen LogP contribution in [0.2, 0.25) is 5.02 Å². The minimum Gasteiger partial charge on any atom is -0.480 e. The van der Waals surface area contributed by atoms with Gasteiger partial charge in [0.15, 0.2) is 4.90 Å². The van der Waals surface area contributed by atoms with Crippen molar-refractivity contribution in [3.05, 3.63) is 63.7 Å². The molecule has 8 nitrogen and oxygen atoms in total. The van der Waals surface area contributed by atoms with Crippen molar-refractivity contribution in [2.45, 2.75) is 11.8 Å². The molecule has 3 aromatic heterocycles. The maximum absolute atomic E-state index is 14.8. The van der Waals surface area contributed by atoms with Crippen molar-refractivity contribution in [1.82, 2.24) is 15.0 Å². The summed E-state index contributed by atoms with van der Waals surface area (Å²) in [5, 5.41) is 3.83. The number of ether oxygens (including phenoxy) is 1. The molecule has 0 saturated heterocycles. The van der Waals surface area contributed by atoms with Crippen LogP contribution < -0.4 is 14.8 Å². The molecule has 4 rings (SSSR count). The number of fused-ring (bicyclic) bond motifs is 1. The maximum Gasteiger partial charge on any atom is 0.267 e. The van der Waals surface area contributed by atoms with E-state index in [9.17, 15) is 12.8 Å². The summed E-state index contributed by atoms with van der Waals surface area (Å²) in [6.45, 7) is 1.82. The van der Waals surface area contributed by atoms with E-state index >= 15 is 0 Å². The molecule has 0 aliphatic carbocycles. The Morgan fingerprint density at radius 3 is 2.56 bits per heavy atom. The lowest BCUT2D eigenvalue weighted by atomic mass is 10.0. The van der Waals surface area contributed by atoms with Crippen molar-refractivity contribution >= 4 is 60.0 Å². The molecule has 0 spiro atoms. The zero-order valence-corrected chi connectivity index (χ0v) is 21.3. The third kappa shape index (κ3) is 4.63. The molecule has 12 heteroatoms. The summed E-state index contributed by atoms with van der Waals surface area (Å²) in [4.78, 5) is 12.5. The van der Waals surface area contributed by atoms with Crippen LogP contribution in [0.5, 0.6) is 5.88 Å². The number of aromatic nitrogens is 3. The summed E-state index contributed by atoms with van der Waals surface area (Å²) in [6, 6.07) is 7.44. The molecule has 0 amide bonds. The van der Waals surface area contributed by atoms with E-state index in [1.54, 1.807) is 13.2 Å². The van der Waals surface area contributed by atoms with Crippen molar-refractivity contribution in [2.24, 2.45) is 0 Å². The van der Waals surface area contributed by atoms with Gasteiger partial charge in [0.1, 0.15) is 11.6 Å². The van der Waals surface area contributed by atoms with E-state index < -0.39 is 15.8 Å². The fraction of sp³-hybridized carbons (Fsp3) is 0.136. The van der Waals surface area contributed by atoms with E-state index in [1.165, 1.54) is 31.5 Å². The molecule has 1 aromatic carbocycles. The van der Waals surface area contributed by atoms with Crippen molar-refractivity contribution in [3.63, 3.8) is 0 Å². The maximum atomic E-state index is 14.8. The molecule has 0 saturated carbocycles. The molecule has 0 bridgehead atoms. The van der Waals surface area contributed by atoms with Crippen LogP contribution >= 0.6 is 27.5 Å². The Labute approximate surface area is 208 Å². The average molecular weight is 567 g/mol. The normalized spacial score (nSPS) is 11.5. The number of hydrogen-bond donors (Lipinski definition) is 2. The number of halogens is 3. The van der Waals surface area contributed by atoms with E-state index in [-0.39, 0.29) is 21.5 Å². The molecule has 0 radical (unpaired) electrons. The summed E-state index contributed by atoms with van der Waals surface area (Å²) in [5.74, 6) is -0.268. The number of pyridine rings is 3. The number of nitrogens with one attached hydrogen (secondary N) is 2. The lowest BCUT2D eigenvalue weighted by Gasteiger charge is -2.15. The molecule has 0 aliphatic rings. The van der Waals surface area contributed by atoms with Crippen molar-refractivity contribution < 1.29 is 17.5 Å². The van der Waals surface area contributed by atoms with Gasteiger partial charge in [0.25, 0.3) is 10.0 Å². The molecule has 0 atom stereocenters. The van der Waals surface area contributed by atoms with Gasteiger partial charge < -0.3 is 10.1 Å². The van der Waals surface area contributed by atoms with E-state index in [1.807, 2.05) is 19.1 Å². The Morgan fingerprint density at radius 1 is 1.09 bits per heavy atom. The largest absolute Gasteiger partial charge is 0.480 e. The lowest BCUT2D eigenvalue weighted by molar-refractivity contribution is 0.385. The summed E-state index contributed by atoms with van der Waals surface area (Å²) in [6.07, 6.45) is 2.93. The number of benzene rings is 1. The van der Waals surface area contributed by atoms with Gasteiger partial charge in [0.2, 0.25) is 5.88 Å². The smallest absolute Gasteiger partial charge is 0.267 e. The van der Waals surface area contributed by atoms with Gasteiger partial charge in [0, 0.05) is 46.6 Å². The summed E-state index contributed by atoms with van der Waals surface area (Å²) in [7, 11) is -1.23. The van der Waals surface area contributed by atoms with Gasteiger partial charge in [-0.3, -0.25) is 9.71 Å². The summed E-state index contributed by atoms with van der Waals surface area (Å²) in [5.41, 5.74) is 2.37. The van der Waals surface area contributed by atoms with E-state index in [0.717, 1.165) is 10.9 Å². The molecular weight excluding hydrogens is 549 g/mol. The monoisotopic (exact) mass is 565 g/mol. The van der Waals surface area contributed by atoms with E-state index in [2.05, 4.69) is 40.9 Å². The topological polar surface area (TPSA) is 106 Å². The second kappa shape index (κ2) is 9.32. The Balaban J connectivity index is 1.81. The third-order valence-electron chi connectivity index (χ3n) is 5.00. The fourth-order valence-corrected chi connectivity index (χ4v) is 5.32. The highest BCUT2D eigenvalue weighted by Gasteiger charge is 2.24. The quantitative estimate of drug-likeness (QED) is 0.322. The molecular formula is C22H18BrClFN5O3S. The fourth-order valence-electron chi connectivity index (χ4n) is 3.36. The van der Waals surface area contributed by atoms with Gasteiger partial charge in [-0.1, -0.05) is 27.5 Å². The minimum atomic E-state index is -4.28. The molecule has 0 unspecified atom stereocenters. The number of methoxy groups -OCH3 is 1. The highest BCUT2D eigenvalue weighted by molar-refractivity contribution is 9.10. The standard InChI is InChI=1S/C22H18BrClFN5O3S/c1-11-14(4-12-9-27-21(26-2)8-18(12)29-11)15-6-19(17(25)7-16(15)23)30-34(31,32)20-5-13(24)10-28-22(20)33-3/h4-10,30H,1-3H3,(H,26,27). The zero-order valence-electron chi connectivity index (χ0n) is 18.1. The number of aryl methyl sites for hydroxylation is 1. The van der Waals surface area contributed by atoms with Crippen LogP contribution in [0.1, 0.15) is 5.69 Å². The van der Waals surface area contributed by atoms with Crippen molar-refractivity contribution in [1.29, 1.82) is 0 Å². The SMILES string of the molecule is CNc1cc2nc(C)c(-c3cc(NS(=O)(=O)c4cc(Cl)cnc4OC)c(F)cc3Br)cc2cn1. The van der Waals surface area contributed by atoms with Gasteiger partial charge in [-0.05, 0) is 36.8 Å². The zero-order chi connectivity index (χ0) is 24.6. The van der Waals surface area contributed by atoms with Crippen LogP contribution in [-0.2, 0) is 10.0 Å². The Morgan fingerprint density at radius 2 is 1.85 bits per heavy atom. The van der Waals surface area contributed by atoms with E-state index in [4.69, 9.17) is 16.3 Å². The minimum absolute atomic E-state index is 0.0889. The second-order valence-corrected chi connectivity index (χ2v) is 10.2. The van der Waals surface area contributed by atoms with Crippen molar-refractivity contribution in [2.75, 3.05) is 24.2 Å². The Hall–Kier alpha value is -3.02. The molecule has 0 aliphatic heterocycles. The Kier molecular flexibility index (Phi) is 6.61. The van der Waals surface area contributed by atoms with Crippen LogP contribution in [0.4, 0.5) is 15.9 Å². The second-order valence-electron chi connectivity index (χ2n) is 7.21. The first-order valence-electron chi connectivity index (χ1n) is 9.80. The van der Waals surface area contributed by atoms with Gasteiger partial charge in [-0.25, -0.2) is 22.8 Å². The highest BCUT2D eigenvalue weighted by atomic mass is 79.9. The highest BCUT2D eigenvalue weighted by Crippen LogP contribution is 2.37. The van der Waals surface area contributed by atoms with Gasteiger partial charge >= 0.3 is 0 Å². The number of rotatable bonds is 6. The molecule has 0 fully saturated rings. The first-order valence-corrected chi connectivity index (χ1v) is 12.4. The molecule has 3 heterocycles. The predicted molar refractivity (Wildman–Crippen MR) is 134 cm³/mol. The Bertz CT molecular complexity index is 1540. The number of nitrogens with zero attached hydrogens (tertiary/aromatic N) is 3. The van der Waals surface area contributed by atoms with E-state index in [0.29, 0.717) is 27.1 Å². The molecule has 34 heavy (non-hydrogen) atoms. The first kappa shape index (κ1) is 24.1. The van der Waals surface area contributed by atoms with Gasteiger partial charge in [-0.15, -0.1) is 0 Å². The predicted octanol–water partition coefficient (Wildman–Crippen LogP) is 5.41. The first-order chi connectivity index (χ1) is 16.1. The molecule has 176 valence electrons. The molecule has 2 N–H and O–H groups in total. The average Bonchev–Trinajstić information content (AvgIpc) is 2.80. The van der Waals surface area contributed by atoms with Crippen LogP contribution in [0.3, 0.4) is 0 Å². The summed E-state index contributed by atoms with van der Waals surface area (Å²) < 4.78 is 48.6. The van der Waals surface area contributed by atoms with Crippen LogP contribution in [0, 0.1) is 12.7 Å². The van der Waals surface area contributed by atoms with Crippen LogP contribution in [-0.4, -0.2) is 37.5 Å². The van der Waals surface area contributed by atoms with Crippen molar-refractivity contribution in [3.8, 4) is 17.0 Å². The van der Waals surface area contributed by atoms with Crippen LogP contribution in [0.25, 0.3) is 22.0 Å². The number of sulfonamides is 1.